The normalized spacial score (nSPS) is 22.4. The number of nitrogens with one attached hydrogen (secondary N) is 1. The molecule has 0 spiro atoms. The van der Waals surface area contributed by atoms with Crippen molar-refractivity contribution in [3.8, 4) is 0 Å². The molecule has 0 bridgehead atoms. The van der Waals surface area contributed by atoms with Crippen molar-refractivity contribution >= 4 is 17.6 Å². The van der Waals surface area contributed by atoms with Crippen molar-refractivity contribution in [1.82, 2.24) is 20.2 Å². The fraction of sp³-hybridized carbons (Fsp3) is 0.444. The smallest absolute Gasteiger partial charge is 0.289 e. The number of nitrogens with zero attached hydrogens (tertiary/aromatic N) is 4. The Morgan fingerprint density at radius 2 is 2.23 bits per heavy atom. The van der Waals surface area contributed by atoms with E-state index in [1.165, 1.54) is 6.39 Å². The number of pyridine rings is 1. The minimum Gasteiger partial charge on any atom is -0.438 e. The Bertz CT molecular complexity index is 806. The van der Waals surface area contributed by atoms with Crippen molar-refractivity contribution in [3.63, 3.8) is 0 Å². The number of amides is 2. The third-order valence-electron chi connectivity index (χ3n) is 5.03. The van der Waals surface area contributed by atoms with E-state index in [-0.39, 0.29) is 23.6 Å². The molecule has 4 heterocycles. The van der Waals surface area contributed by atoms with Crippen molar-refractivity contribution in [3.05, 3.63) is 42.2 Å². The molecular formula is C18H21N5O3. The van der Waals surface area contributed by atoms with Crippen LogP contribution < -0.4 is 10.2 Å². The van der Waals surface area contributed by atoms with E-state index < -0.39 is 6.04 Å². The minimum absolute atomic E-state index is 0.0263. The number of hydrogen-bond acceptors (Lipinski definition) is 6. The third-order valence-corrected chi connectivity index (χ3v) is 5.03. The molecule has 2 aromatic rings. The van der Waals surface area contributed by atoms with Crippen LogP contribution in [-0.2, 0) is 11.2 Å². The molecule has 2 aromatic heterocycles. The van der Waals surface area contributed by atoms with Gasteiger partial charge in [-0.3, -0.25) is 9.59 Å². The molecule has 8 nitrogen and oxygen atoms in total. The highest BCUT2D eigenvalue weighted by atomic mass is 16.3. The lowest BCUT2D eigenvalue weighted by atomic mass is 10.1. The van der Waals surface area contributed by atoms with Gasteiger partial charge in [-0.15, -0.1) is 0 Å². The molecule has 8 heteroatoms. The summed E-state index contributed by atoms with van der Waals surface area (Å²) >= 11 is 0. The lowest BCUT2D eigenvalue weighted by Gasteiger charge is -2.37. The highest BCUT2D eigenvalue weighted by Gasteiger charge is 2.43. The molecule has 4 rings (SSSR count). The maximum absolute atomic E-state index is 12.7. The van der Waals surface area contributed by atoms with E-state index >= 15 is 0 Å². The Balaban J connectivity index is 1.43. The average Bonchev–Trinajstić information content (AvgIpc) is 3.27. The molecule has 0 aromatic carbocycles. The van der Waals surface area contributed by atoms with Crippen LogP contribution in [0.25, 0.3) is 0 Å². The Morgan fingerprint density at radius 1 is 1.35 bits per heavy atom. The molecule has 0 aliphatic carbocycles. The molecule has 0 radical (unpaired) electrons. The second-order valence-corrected chi connectivity index (χ2v) is 6.56. The van der Waals surface area contributed by atoms with E-state index in [1.54, 1.807) is 6.20 Å². The number of rotatable bonds is 4. The van der Waals surface area contributed by atoms with Gasteiger partial charge in [-0.05, 0) is 25.0 Å². The molecule has 2 fully saturated rings. The summed E-state index contributed by atoms with van der Waals surface area (Å²) in [7, 11) is 0. The molecule has 136 valence electrons. The topological polar surface area (TPSA) is 91.6 Å². The number of oxazole rings is 1. The number of anilines is 1. The zero-order valence-corrected chi connectivity index (χ0v) is 14.6. The van der Waals surface area contributed by atoms with Crippen molar-refractivity contribution in [2.75, 3.05) is 24.5 Å². The second kappa shape index (κ2) is 6.78. The molecular weight excluding hydrogens is 334 g/mol. The van der Waals surface area contributed by atoms with E-state index in [4.69, 9.17) is 4.42 Å². The van der Waals surface area contributed by atoms with Gasteiger partial charge in [0.2, 0.25) is 11.7 Å². The van der Waals surface area contributed by atoms with Crippen molar-refractivity contribution < 1.29 is 14.0 Å². The Morgan fingerprint density at radius 3 is 3.00 bits per heavy atom. The molecule has 2 aliphatic heterocycles. The van der Waals surface area contributed by atoms with Crippen LogP contribution in [0.3, 0.4) is 0 Å². The van der Waals surface area contributed by atoms with E-state index in [2.05, 4.69) is 20.2 Å². The highest BCUT2D eigenvalue weighted by molar-refractivity contribution is 5.97. The summed E-state index contributed by atoms with van der Waals surface area (Å²) in [6.07, 6.45) is 4.22. The predicted octanol–water partition coefficient (Wildman–Crippen LogP) is 0.851. The predicted molar refractivity (Wildman–Crippen MR) is 93.7 cm³/mol. The number of carbonyl (C=O) groups is 2. The largest absolute Gasteiger partial charge is 0.438 e. The number of piperazine rings is 1. The van der Waals surface area contributed by atoms with E-state index in [1.807, 2.05) is 30.0 Å². The zero-order valence-electron chi connectivity index (χ0n) is 14.6. The van der Waals surface area contributed by atoms with Crippen molar-refractivity contribution in [1.29, 1.82) is 0 Å². The molecule has 0 saturated carbocycles. The third kappa shape index (κ3) is 2.91. The first kappa shape index (κ1) is 16.6. The van der Waals surface area contributed by atoms with E-state index in [0.29, 0.717) is 25.1 Å². The standard InChI is InChI=1S/C18H21N5O3/c1-2-13-16(26-11-20-13)17(24)21-14-9-12-10-22(7-8-23(12)18(14)25)15-5-3-4-6-19-15/h3-6,11-12,14H,2,7-10H2,1H3,(H,21,24). The van der Waals surface area contributed by atoms with Crippen LogP contribution in [0.1, 0.15) is 29.6 Å². The Labute approximate surface area is 151 Å². The van der Waals surface area contributed by atoms with Crippen LogP contribution in [0.2, 0.25) is 0 Å². The summed E-state index contributed by atoms with van der Waals surface area (Å²) in [6.45, 7) is 4.00. The van der Waals surface area contributed by atoms with Gasteiger partial charge in [-0.2, -0.15) is 0 Å². The Hall–Kier alpha value is -2.90. The SMILES string of the molecule is CCc1ncoc1C(=O)NC1CC2CN(c3ccccn3)CCN2C1=O. The summed E-state index contributed by atoms with van der Waals surface area (Å²) in [4.78, 5) is 37.6. The van der Waals surface area contributed by atoms with Gasteiger partial charge in [-0.25, -0.2) is 9.97 Å². The summed E-state index contributed by atoms with van der Waals surface area (Å²) in [5.74, 6) is 0.710. The molecule has 2 amide bonds. The van der Waals surface area contributed by atoms with Gasteiger partial charge in [0, 0.05) is 25.8 Å². The average molecular weight is 355 g/mol. The lowest BCUT2D eigenvalue weighted by Crippen LogP contribution is -2.52. The van der Waals surface area contributed by atoms with Gasteiger partial charge in [-0.1, -0.05) is 13.0 Å². The van der Waals surface area contributed by atoms with E-state index in [0.717, 1.165) is 18.9 Å². The molecule has 2 saturated heterocycles. The fourth-order valence-electron chi connectivity index (χ4n) is 3.72. The Kier molecular flexibility index (Phi) is 4.32. The maximum Gasteiger partial charge on any atom is 0.289 e. The number of aryl methyl sites for hydroxylation is 1. The molecule has 26 heavy (non-hydrogen) atoms. The number of aromatic nitrogens is 2. The molecule has 1 N–H and O–H groups in total. The first-order valence-corrected chi connectivity index (χ1v) is 8.87. The lowest BCUT2D eigenvalue weighted by molar-refractivity contribution is -0.130. The van der Waals surface area contributed by atoms with Crippen molar-refractivity contribution in [2.24, 2.45) is 0 Å². The number of hydrogen-bond donors (Lipinski definition) is 1. The van der Waals surface area contributed by atoms with Gasteiger partial charge >= 0.3 is 0 Å². The van der Waals surface area contributed by atoms with Crippen LogP contribution in [0, 0.1) is 0 Å². The quantitative estimate of drug-likeness (QED) is 0.874. The monoisotopic (exact) mass is 355 g/mol. The van der Waals surface area contributed by atoms with Crippen LogP contribution in [0.15, 0.2) is 35.2 Å². The van der Waals surface area contributed by atoms with Crippen LogP contribution in [0.4, 0.5) is 5.82 Å². The van der Waals surface area contributed by atoms with Gasteiger partial charge in [0.15, 0.2) is 6.39 Å². The van der Waals surface area contributed by atoms with E-state index in [9.17, 15) is 9.59 Å². The summed E-state index contributed by atoms with van der Waals surface area (Å²) in [6, 6.07) is 5.37. The second-order valence-electron chi connectivity index (χ2n) is 6.56. The molecule has 2 unspecified atom stereocenters. The van der Waals surface area contributed by atoms with Crippen molar-refractivity contribution in [2.45, 2.75) is 31.8 Å². The first-order valence-electron chi connectivity index (χ1n) is 8.87. The van der Waals surface area contributed by atoms with Gasteiger partial charge in [0.25, 0.3) is 5.91 Å². The first-order chi connectivity index (χ1) is 12.7. The fourth-order valence-corrected chi connectivity index (χ4v) is 3.72. The van der Waals surface area contributed by atoms with Crippen LogP contribution in [-0.4, -0.2) is 58.4 Å². The minimum atomic E-state index is -0.522. The van der Waals surface area contributed by atoms with Crippen LogP contribution in [0.5, 0.6) is 0 Å². The zero-order chi connectivity index (χ0) is 18.1. The number of carbonyl (C=O) groups excluding carboxylic acids is 2. The van der Waals surface area contributed by atoms with Crippen LogP contribution >= 0.6 is 0 Å². The summed E-state index contributed by atoms with van der Waals surface area (Å²) < 4.78 is 5.19. The summed E-state index contributed by atoms with van der Waals surface area (Å²) in [5, 5.41) is 2.82. The number of fused-ring (bicyclic) bond motifs is 1. The molecule has 2 aliphatic rings. The van der Waals surface area contributed by atoms with Gasteiger partial charge < -0.3 is 19.5 Å². The summed E-state index contributed by atoms with van der Waals surface area (Å²) in [5.41, 5.74) is 0.604. The highest BCUT2D eigenvalue weighted by Crippen LogP contribution is 2.26. The maximum atomic E-state index is 12.7. The molecule has 2 atom stereocenters. The van der Waals surface area contributed by atoms with Gasteiger partial charge in [0.05, 0.1) is 11.7 Å². The van der Waals surface area contributed by atoms with Gasteiger partial charge in [0.1, 0.15) is 11.9 Å².